The zero-order valence-corrected chi connectivity index (χ0v) is 10.6. The Morgan fingerprint density at radius 2 is 1.67 bits per heavy atom. The van der Waals surface area contributed by atoms with Crippen LogP contribution in [0.3, 0.4) is 0 Å². The van der Waals surface area contributed by atoms with E-state index >= 15 is 0 Å². The number of hydrogen-bond acceptors (Lipinski definition) is 3. The molecule has 1 atom stereocenters. The first-order valence-corrected chi connectivity index (χ1v) is 6.94. The molecule has 1 aliphatic carbocycles. The molecule has 3 fully saturated rings. The molecule has 0 aromatic rings. The Kier molecular flexibility index (Phi) is 3.24. The van der Waals surface area contributed by atoms with E-state index in [9.17, 15) is 9.59 Å². The van der Waals surface area contributed by atoms with Crippen LogP contribution in [0.25, 0.3) is 0 Å². The highest BCUT2D eigenvalue weighted by Gasteiger charge is 2.42. The van der Waals surface area contributed by atoms with Gasteiger partial charge in [-0.15, -0.1) is 0 Å². The second kappa shape index (κ2) is 4.88. The Bertz CT molecular complexity index is 348. The minimum absolute atomic E-state index is 0.129. The van der Waals surface area contributed by atoms with Crippen molar-refractivity contribution in [3.63, 3.8) is 0 Å². The minimum atomic E-state index is -0.198. The van der Waals surface area contributed by atoms with Crippen LogP contribution >= 0.6 is 0 Å². The Balaban J connectivity index is 1.65. The van der Waals surface area contributed by atoms with E-state index in [4.69, 9.17) is 4.74 Å². The monoisotopic (exact) mass is 252 g/mol. The topological polar surface area (TPSA) is 49.9 Å². The van der Waals surface area contributed by atoms with Gasteiger partial charge in [-0.25, -0.2) is 0 Å². The van der Waals surface area contributed by atoms with Crippen molar-refractivity contribution in [3.8, 4) is 0 Å². The lowest BCUT2D eigenvalue weighted by molar-refractivity contribution is -0.147. The number of likely N-dealkylation sites (tertiary alicyclic amines) is 1. The number of carbonyl (C=O) groups excluding carboxylic acids is 2. The number of carbonyl (C=O) groups is 2. The second-order valence-corrected chi connectivity index (χ2v) is 5.40. The molecule has 0 bridgehead atoms. The number of ether oxygens (including phenoxy) is 1. The molecule has 2 amide bonds. The summed E-state index contributed by atoms with van der Waals surface area (Å²) in [6.45, 7) is 3.34. The zero-order chi connectivity index (χ0) is 12.5. The maximum Gasteiger partial charge on any atom is 0.245 e. The van der Waals surface area contributed by atoms with Gasteiger partial charge in [0, 0.05) is 25.6 Å². The first-order chi connectivity index (χ1) is 8.77. The van der Waals surface area contributed by atoms with E-state index < -0.39 is 0 Å². The average molecular weight is 252 g/mol. The Morgan fingerprint density at radius 1 is 0.944 bits per heavy atom. The van der Waals surface area contributed by atoms with E-state index in [2.05, 4.69) is 0 Å². The van der Waals surface area contributed by atoms with Gasteiger partial charge >= 0.3 is 0 Å². The molecule has 18 heavy (non-hydrogen) atoms. The maximum absolute atomic E-state index is 12.4. The molecule has 100 valence electrons. The molecular weight excluding hydrogens is 232 g/mol. The first kappa shape index (κ1) is 12.0. The van der Waals surface area contributed by atoms with E-state index in [0.29, 0.717) is 26.3 Å². The van der Waals surface area contributed by atoms with Crippen LogP contribution in [0, 0.1) is 5.92 Å². The third-order valence-corrected chi connectivity index (χ3v) is 4.07. The molecule has 5 heteroatoms. The van der Waals surface area contributed by atoms with Crippen LogP contribution in [0.2, 0.25) is 0 Å². The third-order valence-electron chi connectivity index (χ3n) is 4.07. The van der Waals surface area contributed by atoms with Crippen LogP contribution in [0.4, 0.5) is 0 Å². The highest BCUT2D eigenvalue weighted by Crippen LogP contribution is 2.34. The summed E-state index contributed by atoms with van der Waals surface area (Å²) in [5.41, 5.74) is 0. The standard InChI is InChI=1S/C13H20N2O3/c16-12(10-3-4-10)15-5-1-2-11(15)13(17)14-6-8-18-9-7-14/h10-11H,1-9H2/t11-/m0/s1. The predicted molar refractivity (Wildman–Crippen MR) is 64.9 cm³/mol. The van der Waals surface area contributed by atoms with Crippen molar-refractivity contribution in [2.75, 3.05) is 32.8 Å². The summed E-state index contributed by atoms with van der Waals surface area (Å²) in [4.78, 5) is 28.3. The SMILES string of the molecule is O=C([C@@H]1CCCN1C(=O)C1CC1)N1CCOCC1. The Hall–Kier alpha value is -1.10. The molecule has 0 unspecified atom stereocenters. The summed E-state index contributed by atoms with van der Waals surface area (Å²) in [7, 11) is 0. The van der Waals surface area contributed by atoms with E-state index in [-0.39, 0.29) is 23.8 Å². The van der Waals surface area contributed by atoms with Crippen molar-refractivity contribution in [2.45, 2.75) is 31.7 Å². The molecule has 0 radical (unpaired) electrons. The number of nitrogens with zero attached hydrogens (tertiary/aromatic N) is 2. The van der Waals surface area contributed by atoms with Gasteiger partial charge in [-0.3, -0.25) is 9.59 Å². The van der Waals surface area contributed by atoms with Crippen LogP contribution in [-0.4, -0.2) is 60.5 Å². The summed E-state index contributed by atoms with van der Waals surface area (Å²) in [5, 5.41) is 0. The molecule has 0 aromatic heterocycles. The smallest absolute Gasteiger partial charge is 0.245 e. The van der Waals surface area contributed by atoms with Crippen molar-refractivity contribution in [3.05, 3.63) is 0 Å². The Morgan fingerprint density at radius 3 is 2.33 bits per heavy atom. The van der Waals surface area contributed by atoms with Crippen molar-refractivity contribution >= 4 is 11.8 Å². The van der Waals surface area contributed by atoms with Crippen LogP contribution in [0.1, 0.15) is 25.7 Å². The lowest BCUT2D eigenvalue weighted by Crippen LogP contribution is -2.51. The molecule has 3 aliphatic rings. The average Bonchev–Trinajstić information content (AvgIpc) is 3.15. The van der Waals surface area contributed by atoms with Crippen LogP contribution in [-0.2, 0) is 14.3 Å². The molecule has 2 heterocycles. The van der Waals surface area contributed by atoms with Gasteiger partial charge < -0.3 is 14.5 Å². The summed E-state index contributed by atoms with van der Waals surface area (Å²) >= 11 is 0. The fourth-order valence-corrected chi connectivity index (χ4v) is 2.85. The van der Waals surface area contributed by atoms with E-state index in [1.807, 2.05) is 9.80 Å². The largest absolute Gasteiger partial charge is 0.378 e. The molecular formula is C13H20N2O3. The van der Waals surface area contributed by atoms with E-state index in [0.717, 1.165) is 32.2 Å². The number of rotatable bonds is 2. The molecule has 1 saturated carbocycles. The van der Waals surface area contributed by atoms with Gasteiger partial charge in [-0.2, -0.15) is 0 Å². The van der Waals surface area contributed by atoms with Crippen molar-refractivity contribution in [2.24, 2.45) is 5.92 Å². The lowest BCUT2D eigenvalue weighted by Gasteiger charge is -2.32. The zero-order valence-electron chi connectivity index (χ0n) is 10.6. The molecule has 3 rings (SSSR count). The number of morpholine rings is 1. The molecule has 0 spiro atoms. The fraction of sp³-hybridized carbons (Fsp3) is 0.846. The summed E-state index contributed by atoms with van der Waals surface area (Å²) in [6.07, 6.45) is 3.80. The van der Waals surface area contributed by atoms with Gasteiger partial charge in [0.1, 0.15) is 6.04 Å². The second-order valence-electron chi connectivity index (χ2n) is 5.40. The van der Waals surface area contributed by atoms with E-state index in [1.165, 1.54) is 0 Å². The van der Waals surface area contributed by atoms with Gasteiger partial charge in [0.2, 0.25) is 11.8 Å². The van der Waals surface area contributed by atoms with Gasteiger partial charge in [0.25, 0.3) is 0 Å². The van der Waals surface area contributed by atoms with Gasteiger partial charge in [-0.1, -0.05) is 0 Å². The Labute approximate surface area is 107 Å². The summed E-state index contributed by atoms with van der Waals surface area (Å²) in [5.74, 6) is 0.548. The van der Waals surface area contributed by atoms with Crippen LogP contribution in [0.5, 0.6) is 0 Å². The molecule has 2 aliphatic heterocycles. The van der Waals surface area contributed by atoms with Crippen molar-refractivity contribution < 1.29 is 14.3 Å². The fourth-order valence-electron chi connectivity index (χ4n) is 2.85. The molecule has 5 nitrogen and oxygen atoms in total. The van der Waals surface area contributed by atoms with Crippen LogP contribution in [0.15, 0.2) is 0 Å². The molecule has 0 N–H and O–H groups in total. The maximum atomic E-state index is 12.4. The third kappa shape index (κ3) is 2.23. The van der Waals surface area contributed by atoms with Gasteiger partial charge in [0.05, 0.1) is 13.2 Å². The van der Waals surface area contributed by atoms with Crippen LogP contribution < -0.4 is 0 Å². The number of hydrogen-bond donors (Lipinski definition) is 0. The predicted octanol–water partition coefficient (Wildman–Crippen LogP) is 0.246. The summed E-state index contributed by atoms with van der Waals surface area (Å²) < 4.78 is 5.26. The quantitative estimate of drug-likeness (QED) is 0.707. The lowest BCUT2D eigenvalue weighted by atomic mass is 10.1. The van der Waals surface area contributed by atoms with Gasteiger partial charge in [0.15, 0.2) is 0 Å². The van der Waals surface area contributed by atoms with Crippen molar-refractivity contribution in [1.29, 1.82) is 0 Å². The van der Waals surface area contributed by atoms with Gasteiger partial charge in [-0.05, 0) is 25.7 Å². The van der Waals surface area contributed by atoms with Crippen molar-refractivity contribution in [1.82, 2.24) is 9.80 Å². The highest BCUT2D eigenvalue weighted by atomic mass is 16.5. The molecule has 2 saturated heterocycles. The van der Waals surface area contributed by atoms with E-state index in [1.54, 1.807) is 0 Å². The molecule has 0 aromatic carbocycles. The highest BCUT2D eigenvalue weighted by molar-refractivity contribution is 5.90. The normalized spacial score (nSPS) is 28.6. The first-order valence-electron chi connectivity index (χ1n) is 6.94. The number of amides is 2. The summed E-state index contributed by atoms with van der Waals surface area (Å²) in [6, 6.07) is -0.198. The minimum Gasteiger partial charge on any atom is -0.378 e.